The number of esters is 1. The molecule has 0 radical (unpaired) electrons. The molecule has 0 unspecified atom stereocenters. The minimum Gasteiger partial charge on any atom is -0.508 e. The van der Waals surface area contributed by atoms with E-state index in [1.807, 2.05) is 29.2 Å². The summed E-state index contributed by atoms with van der Waals surface area (Å²) >= 11 is 6.72. The first-order chi connectivity index (χ1) is 23.4. The Balaban J connectivity index is 1.10. The maximum absolute atomic E-state index is 16.2. The van der Waals surface area contributed by atoms with Crippen molar-refractivity contribution in [2.24, 2.45) is 0 Å². The number of aromatic hydroxyl groups is 1. The van der Waals surface area contributed by atoms with E-state index in [2.05, 4.69) is 9.97 Å². The smallest absolute Gasteiger partial charge is 0.332 e. The Morgan fingerprint density at radius 3 is 2.46 bits per heavy atom. The number of nitrogens with zero attached hydrogens (tertiary/aromatic N) is 4. The van der Waals surface area contributed by atoms with Crippen molar-refractivity contribution in [2.75, 3.05) is 77.3 Å². The highest BCUT2D eigenvalue weighted by molar-refractivity contribution is 6.35. The van der Waals surface area contributed by atoms with Gasteiger partial charge in [0, 0.05) is 37.1 Å². The summed E-state index contributed by atoms with van der Waals surface area (Å²) in [6.45, 7) is 5.80. The van der Waals surface area contributed by atoms with Gasteiger partial charge in [-0.05, 0) is 54.0 Å². The minimum absolute atomic E-state index is 0.00722. The van der Waals surface area contributed by atoms with Gasteiger partial charge >= 0.3 is 5.97 Å². The zero-order valence-corrected chi connectivity index (χ0v) is 27.5. The van der Waals surface area contributed by atoms with Crippen LogP contribution in [0.2, 0.25) is 5.02 Å². The lowest BCUT2D eigenvalue weighted by molar-refractivity contribution is -0.149. The Hall–Kier alpha value is -4.36. The van der Waals surface area contributed by atoms with Gasteiger partial charge in [-0.3, -0.25) is 4.79 Å². The lowest BCUT2D eigenvalue weighted by Crippen LogP contribution is -2.48. The number of halogens is 2. The van der Waals surface area contributed by atoms with E-state index in [0.29, 0.717) is 89.0 Å². The molecule has 3 aromatic carbocycles. The number of carbonyl (C=O) groups excluding carboxylic acids is 2. The number of phenols is 1. The molecule has 0 spiro atoms. The van der Waals surface area contributed by atoms with Gasteiger partial charge in [-0.2, -0.15) is 0 Å². The highest BCUT2D eigenvalue weighted by Crippen LogP contribution is 2.41. The number of ether oxygens (including phenoxy) is 4. The van der Waals surface area contributed by atoms with Gasteiger partial charge in [0.15, 0.2) is 5.82 Å². The Labute approximate surface area is 282 Å². The molecule has 4 aromatic rings. The number of fused-ring (bicyclic) bond motifs is 2. The highest BCUT2D eigenvalue weighted by atomic mass is 35.5. The summed E-state index contributed by atoms with van der Waals surface area (Å²) in [5.41, 5.74) is 0.765. The van der Waals surface area contributed by atoms with E-state index in [-0.39, 0.29) is 34.4 Å². The normalized spacial score (nSPS) is 13.6. The average Bonchev–Trinajstić information content (AvgIpc) is 3.08. The van der Waals surface area contributed by atoms with Crippen LogP contribution in [0.5, 0.6) is 5.75 Å². The van der Waals surface area contributed by atoms with Gasteiger partial charge < -0.3 is 33.9 Å². The van der Waals surface area contributed by atoms with Crippen LogP contribution in [0.1, 0.15) is 13.3 Å². The zero-order chi connectivity index (χ0) is 33.9. The summed E-state index contributed by atoms with van der Waals surface area (Å²) in [6.07, 6.45) is 5.25. The van der Waals surface area contributed by atoms with Crippen molar-refractivity contribution in [3.8, 4) is 16.9 Å². The maximum Gasteiger partial charge on any atom is 0.332 e. The van der Waals surface area contributed by atoms with Crippen LogP contribution in [0.3, 0.4) is 0 Å². The van der Waals surface area contributed by atoms with Crippen LogP contribution in [-0.4, -0.2) is 104 Å². The molecule has 1 saturated heterocycles. The molecule has 2 heterocycles. The third-order valence-electron chi connectivity index (χ3n) is 7.77. The maximum atomic E-state index is 16.2. The van der Waals surface area contributed by atoms with Gasteiger partial charge in [0.25, 0.3) is 0 Å². The molecular formula is C35H38ClFN4O7. The number of hydrogen-bond donors (Lipinski definition) is 1. The van der Waals surface area contributed by atoms with Crippen molar-refractivity contribution in [1.29, 1.82) is 0 Å². The summed E-state index contributed by atoms with van der Waals surface area (Å²) in [7, 11) is 0. The van der Waals surface area contributed by atoms with Crippen molar-refractivity contribution in [3.63, 3.8) is 0 Å². The summed E-state index contributed by atoms with van der Waals surface area (Å²) in [5, 5.41) is 12.5. The number of rotatable bonds is 15. The van der Waals surface area contributed by atoms with Crippen molar-refractivity contribution in [3.05, 3.63) is 71.8 Å². The fraction of sp³-hybridized carbons (Fsp3) is 0.371. The number of benzene rings is 3. The standard InChI is InChI=1S/C35H38ClFN4O7/c1-2-48-31(44)22-47-18-17-46-16-15-45-14-6-5-9-30(43)40-10-12-41(13-11-40)35-28-21-29(36)32(33(37)34(28)38-23-39-35)27-20-25(42)19-24-7-3-4-8-26(24)27/h3-5,7-9,19-21,23,42H,2,6,10-18,22H2,1H3/b9-5+. The predicted molar refractivity (Wildman–Crippen MR) is 181 cm³/mol. The van der Waals surface area contributed by atoms with E-state index < -0.39 is 11.8 Å². The van der Waals surface area contributed by atoms with Crippen molar-refractivity contribution in [1.82, 2.24) is 14.9 Å². The number of phenolic OH excluding ortho intramolecular Hbond substituents is 1. The first-order valence-corrected chi connectivity index (χ1v) is 16.2. The van der Waals surface area contributed by atoms with Crippen LogP contribution in [0.25, 0.3) is 32.8 Å². The van der Waals surface area contributed by atoms with Gasteiger partial charge in [-0.15, -0.1) is 0 Å². The van der Waals surface area contributed by atoms with E-state index >= 15 is 4.39 Å². The molecule has 0 atom stereocenters. The van der Waals surface area contributed by atoms with Crippen LogP contribution in [0, 0.1) is 5.82 Å². The van der Waals surface area contributed by atoms with Crippen molar-refractivity contribution >= 4 is 51.0 Å². The molecule has 0 saturated carbocycles. The lowest BCUT2D eigenvalue weighted by atomic mass is 9.96. The van der Waals surface area contributed by atoms with Crippen LogP contribution in [-0.2, 0) is 28.5 Å². The van der Waals surface area contributed by atoms with Crippen LogP contribution < -0.4 is 4.90 Å². The Bertz CT molecular complexity index is 1760. The SMILES string of the molecule is CCOC(=O)COCCOCCOCC/C=C/C(=O)N1CCN(c2ncnc3c(F)c(-c4cc(O)cc5ccccc45)c(Cl)cc23)CC1. The molecule has 0 aliphatic carbocycles. The van der Waals surface area contributed by atoms with E-state index in [4.69, 9.17) is 30.5 Å². The summed E-state index contributed by atoms with van der Waals surface area (Å²) in [6, 6.07) is 12.2. The molecule has 1 amide bonds. The average molecular weight is 681 g/mol. The topological polar surface area (TPSA) is 124 Å². The molecule has 11 nitrogen and oxygen atoms in total. The van der Waals surface area contributed by atoms with Crippen molar-refractivity contribution in [2.45, 2.75) is 13.3 Å². The fourth-order valence-corrected chi connectivity index (χ4v) is 5.79. The summed E-state index contributed by atoms with van der Waals surface area (Å²) in [4.78, 5) is 36.4. The van der Waals surface area contributed by atoms with E-state index in [9.17, 15) is 14.7 Å². The molecule has 1 fully saturated rings. The second-order valence-corrected chi connectivity index (χ2v) is 11.3. The second kappa shape index (κ2) is 17.2. The van der Waals surface area contributed by atoms with E-state index in [0.717, 1.165) is 10.8 Å². The molecule has 5 rings (SSSR count). The van der Waals surface area contributed by atoms with Gasteiger partial charge in [-0.1, -0.05) is 41.9 Å². The highest BCUT2D eigenvalue weighted by Gasteiger charge is 2.25. The van der Waals surface area contributed by atoms with Gasteiger partial charge in [0.1, 0.15) is 30.0 Å². The Morgan fingerprint density at radius 2 is 1.69 bits per heavy atom. The number of amides is 1. The van der Waals surface area contributed by atoms with Gasteiger partial charge in [-0.25, -0.2) is 19.2 Å². The monoisotopic (exact) mass is 680 g/mol. The lowest BCUT2D eigenvalue weighted by Gasteiger charge is -2.35. The summed E-state index contributed by atoms with van der Waals surface area (Å²) < 4.78 is 37.0. The molecule has 1 aromatic heterocycles. The number of anilines is 1. The second-order valence-electron chi connectivity index (χ2n) is 10.9. The van der Waals surface area contributed by atoms with E-state index in [1.165, 1.54) is 12.4 Å². The van der Waals surface area contributed by atoms with Crippen molar-refractivity contribution < 1.29 is 38.0 Å². The molecule has 1 aliphatic heterocycles. The van der Waals surface area contributed by atoms with E-state index in [1.54, 1.807) is 36.1 Å². The molecule has 13 heteroatoms. The molecule has 48 heavy (non-hydrogen) atoms. The predicted octanol–water partition coefficient (Wildman–Crippen LogP) is 5.16. The minimum atomic E-state index is -0.593. The third kappa shape index (κ3) is 8.75. The van der Waals surface area contributed by atoms with Gasteiger partial charge in [0.05, 0.1) is 44.7 Å². The molecular weight excluding hydrogens is 643 g/mol. The largest absolute Gasteiger partial charge is 0.508 e. The first-order valence-electron chi connectivity index (χ1n) is 15.8. The quantitative estimate of drug-likeness (QED) is 0.102. The molecule has 1 N–H and O–H groups in total. The third-order valence-corrected chi connectivity index (χ3v) is 8.06. The van der Waals surface area contributed by atoms with Crippen LogP contribution in [0.4, 0.5) is 10.2 Å². The summed E-state index contributed by atoms with van der Waals surface area (Å²) in [5.74, 6) is -0.533. The van der Waals surface area contributed by atoms with Gasteiger partial charge in [0.2, 0.25) is 5.91 Å². The number of piperazine rings is 1. The van der Waals surface area contributed by atoms with Crippen LogP contribution >= 0.6 is 11.6 Å². The molecule has 254 valence electrons. The molecule has 1 aliphatic rings. The Kier molecular flexibility index (Phi) is 12.5. The molecule has 0 bridgehead atoms. The first kappa shape index (κ1) is 35.0. The fourth-order valence-electron chi connectivity index (χ4n) is 5.49. The number of aromatic nitrogens is 2. The Morgan fingerprint density at radius 1 is 0.958 bits per heavy atom. The van der Waals surface area contributed by atoms with Crippen LogP contribution in [0.15, 0.2) is 60.9 Å². The number of carbonyl (C=O) groups is 2. The zero-order valence-electron chi connectivity index (χ0n) is 26.7. The number of hydrogen-bond acceptors (Lipinski definition) is 10.